The summed E-state index contributed by atoms with van der Waals surface area (Å²) >= 11 is 0. The quantitative estimate of drug-likeness (QED) is 0.165. The molecule has 0 spiro atoms. The first kappa shape index (κ1) is 32.0. The molecule has 0 radical (unpaired) electrons. The summed E-state index contributed by atoms with van der Waals surface area (Å²) in [6.07, 6.45) is 0. The Bertz CT molecular complexity index is 3030. The monoisotopic (exact) mass is 703 g/mol. The maximum atomic E-state index is 2.57. The van der Waals surface area contributed by atoms with Crippen molar-refractivity contribution in [3.05, 3.63) is 198 Å². The van der Waals surface area contributed by atoms with Crippen molar-refractivity contribution >= 4 is 49.4 Å². The van der Waals surface area contributed by atoms with Crippen molar-refractivity contribution in [1.29, 1.82) is 0 Å². The van der Waals surface area contributed by atoms with Crippen LogP contribution in [0.4, 0.5) is 17.1 Å². The molecule has 0 heterocycles. The second-order valence-corrected chi connectivity index (χ2v) is 16.5. The lowest BCUT2D eigenvalue weighted by atomic mass is 9.80. The van der Waals surface area contributed by atoms with Gasteiger partial charge in [-0.05, 0) is 107 Å². The van der Waals surface area contributed by atoms with Gasteiger partial charge in [0.2, 0.25) is 0 Å². The van der Waals surface area contributed by atoms with Crippen LogP contribution >= 0.6 is 0 Å². The minimum atomic E-state index is -0.165. The van der Waals surface area contributed by atoms with Gasteiger partial charge in [-0.15, -0.1) is 0 Å². The summed E-state index contributed by atoms with van der Waals surface area (Å²) in [6.45, 7) is 9.56. The summed E-state index contributed by atoms with van der Waals surface area (Å²) in [4.78, 5) is 2.57. The molecule has 55 heavy (non-hydrogen) atoms. The molecule has 0 aromatic heterocycles. The van der Waals surface area contributed by atoms with E-state index < -0.39 is 0 Å². The van der Waals surface area contributed by atoms with Crippen LogP contribution in [-0.2, 0) is 10.8 Å². The van der Waals surface area contributed by atoms with E-state index in [0.29, 0.717) is 0 Å². The molecule has 0 saturated heterocycles. The van der Waals surface area contributed by atoms with Crippen LogP contribution in [0.25, 0.3) is 65.7 Å². The molecule has 2 aliphatic rings. The van der Waals surface area contributed by atoms with E-state index in [1.807, 2.05) is 0 Å². The molecule has 0 amide bonds. The summed E-state index contributed by atoms with van der Waals surface area (Å²) in [5.74, 6) is 0. The topological polar surface area (TPSA) is 3.24 Å². The van der Waals surface area contributed by atoms with E-state index in [1.165, 1.54) is 99.3 Å². The average Bonchev–Trinajstić information content (AvgIpc) is 3.61. The second kappa shape index (κ2) is 11.5. The van der Waals surface area contributed by atoms with Gasteiger partial charge in [-0.3, -0.25) is 0 Å². The minimum Gasteiger partial charge on any atom is -0.309 e. The summed E-state index contributed by atoms with van der Waals surface area (Å²) in [6, 6.07) is 65.8. The molecule has 1 heteroatoms. The van der Waals surface area contributed by atoms with Gasteiger partial charge in [-0.2, -0.15) is 0 Å². The molecule has 0 saturated carbocycles. The molecule has 0 aliphatic heterocycles. The van der Waals surface area contributed by atoms with Crippen LogP contribution < -0.4 is 4.90 Å². The average molecular weight is 704 g/mol. The van der Waals surface area contributed by atoms with E-state index in [2.05, 4.69) is 209 Å². The first-order valence-electron chi connectivity index (χ1n) is 19.5. The number of benzene rings is 9. The van der Waals surface area contributed by atoms with Crippen molar-refractivity contribution in [3.63, 3.8) is 0 Å². The zero-order valence-corrected chi connectivity index (χ0v) is 31.7. The van der Waals surface area contributed by atoms with E-state index in [4.69, 9.17) is 0 Å². The molecule has 0 atom stereocenters. The molecule has 9 aromatic carbocycles. The van der Waals surface area contributed by atoms with Crippen molar-refractivity contribution in [2.75, 3.05) is 4.90 Å². The number of hydrogen-bond donors (Lipinski definition) is 0. The van der Waals surface area contributed by atoms with Gasteiger partial charge in [0.1, 0.15) is 0 Å². The molecule has 0 unspecified atom stereocenters. The lowest BCUT2D eigenvalue weighted by molar-refractivity contribution is 0.660. The van der Waals surface area contributed by atoms with E-state index in [1.54, 1.807) is 0 Å². The molecule has 0 fully saturated rings. The fraction of sp³-hybridized carbons (Fsp3) is 0.111. The van der Waals surface area contributed by atoms with Gasteiger partial charge in [-0.25, -0.2) is 0 Å². The van der Waals surface area contributed by atoms with Crippen molar-refractivity contribution in [2.24, 2.45) is 0 Å². The first-order chi connectivity index (χ1) is 26.8. The Kier molecular flexibility index (Phi) is 6.72. The lowest BCUT2D eigenvalue weighted by Crippen LogP contribution is -2.17. The smallest absolute Gasteiger partial charge is 0.0549 e. The van der Waals surface area contributed by atoms with Gasteiger partial charge in [0.15, 0.2) is 0 Å². The molecule has 262 valence electrons. The molecule has 0 bridgehead atoms. The number of anilines is 3. The van der Waals surface area contributed by atoms with Crippen molar-refractivity contribution in [3.8, 4) is 33.4 Å². The molecule has 9 aromatic rings. The van der Waals surface area contributed by atoms with Gasteiger partial charge < -0.3 is 4.90 Å². The maximum absolute atomic E-state index is 2.57. The van der Waals surface area contributed by atoms with Crippen LogP contribution in [-0.4, -0.2) is 0 Å². The third-order valence-corrected chi connectivity index (χ3v) is 12.8. The van der Waals surface area contributed by atoms with Crippen LogP contribution in [0.5, 0.6) is 0 Å². The van der Waals surface area contributed by atoms with Gasteiger partial charge in [-0.1, -0.05) is 173 Å². The molecule has 11 rings (SSSR count). The number of rotatable bonds is 4. The van der Waals surface area contributed by atoms with Crippen molar-refractivity contribution in [1.82, 2.24) is 0 Å². The third kappa shape index (κ3) is 4.47. The van der Waals surface area contributed by atoms with Gasteiger partial charge >= 0.3 is 0 Å². The largest absolute Gasteiger partial charge is 0.309 e. The van der Waals surface area contributed by atoms with E-state index in [9.17, 15) is 0 Å². The van der Waals surface area contributed by atoms with Crippen LogP contribution in [0.1, 0.15) is 49.9 Å². The summed E-state index contributed by atoms with van der Waals surface area (Å²) < 4.78 is 0. The van der Waals surface area contributed by atoms with Crippen molar-refractivity contribution < 1.29 is 0 Å². The highest BCUT2D eigenvalue weighted by Crippen LogP contribution is 2.59. The predicted octanol–water partition coefficient (Wildman–Crippen LogP) is 14.9. The molecule has 1 nitrogen and oxygen atoms in total. The highest BCUT2D eigenvalue weighted by Gasteiger charge is 2.41. The van der Waals surface area contributed by atoms with Crippen LogP contribution in [0.3, 0.4) is 0 Å². The van der Waals surface area contributed by atoms with E-state index in [-0.39, 0.29) is 10.8 Å². The Hall–Kier alpha value is -6.44. The molecule has 0 N–H and O–H groups in total. The highest BCUT2D eigenvalue weighted by atomic mass is 15.1. The predicted molar refractivity (Wildman–Crippen MR) is 234 cm³/mol. The fourth-order valence-corrected chi connectivity index (χ4v) is 10.2. The van der Waals surface area contributed by atoms with Crippen LogP contribution in [0.2, 0.25) is 0 Å². The zero-order valence-electron chi connectivity index (χ0n) is 31.7. The van der Waals surface area contributed by atoms with E-state index in [0.717, 1.165) is 5.69 Å². The second-order valence-electron chi connectivity index (χ2n) is 16.5. The Morgan fingerprint density at radius 1 is 0.364 bits per heavy atom. The van der Waals surface area contributed by atoms with Crippen molar-refractivity contribution in [2.45, 2.75) is 38.5 Å². The van der Waals surface area contributed by atoms with Gasteiger partial charge in [0.05, 0.1) is 11.4 Å². The lowest BCUT2D eigenvalue weighted by Gasteiger charge is -2.32. The SMILES string of the molecule is CC1(C)c2ccccc2-c2c(N(c3ccc(-c4cc5ccccc5c5ccccc45)cc3)c3cc4ccccc4c4c3-c3ccccc3C4(C)C)cccc21. The number of hydrogen-bond acceptors (Lipinski definition) is 1. The number of fused-ring (bicyclic) bond motifs is 11. The Morgan fingerprint density at radius 3 is 1.64 bits per heavy atom. The third-order valence-electron chi connectivity index (χ3n) is 12.8. The Balaban J connectivity index is 1.21. The summed E-state index contributed by atoms with van der Waals surface area (Å²) in [5, 5.41) is 7.70. The summed E-state index contributed by atoms with van der Waals surface area (Å²) in [7, 11) is 0. The Labute approximate surface area is 323 Å². The molecular weight excluding hydrogens is 663 g/mol. The maximum Gasteiger partial charge on any atom is 0.0549 e. The van der Waals surface area contributed by atoms with Gasteiger partial charge in [0, 0.05) is 27.6 Å². The van der Waals surface area contributed by atoms with Crippen LogP contribution in [0.15, 0.2) is 176 Å². The van der Waals surface area contributed by atoms with E-state index >= 15 is 0 Å². The molecule has 2 aliphatic carbocycles. The normalized spacial score (nSPS) is 14.5. The van der Waals surface area contributed by atoms with Crippen LogP contribution in [0, 0.1) is 0 Å². The fourth-order valence-electron chi connectivity index (χ4n) is 10.2. The molecular formula is C54H41N. The highest BCUT2D eigenvalue weighted by molar-refractivity contribution is 6.14. The number of nitrogens with zero attached hydrogens (tertiary/aromatic N) is 1. The Morgan fingerprint density at radius 2 is 0.909 bits per heavy atom. The first-order valence-corrected chi connectivity index (χ1v) is 19.5. The summed E-state index contributed by atoms with van der Waals surface area (Å²) in [5.41, 5.74) is 16.6. The zero-order chi connectivity index (χ0) is 37.1. The standard InChI is InChI=1S/C54H41N/c1-53(2)45-24-13-11-22-42(45)50-47(53)26-15-27-48(50)55(49-33-36-17-6-8-19-39(36)52-51(49)43-23-12-14-25-46(43)54(52,3)4)37-30-28-34(29-31-37)44-32-35-16-5-7-18-38(35)40-20-9-10-21-41(40)44/h5-33H,1-4H3. The van der Waals surface area contributed by atoms with Gasteiger partial charge in [0.25, 0.3) is 0 Å². The minimum absolute atomic E-state index is 0.117.